The molecule has 0 aliphatic heterocycles. The minimum atomic E-state index is -0.237. The lowest BCUT2D eigenvalue weighted by Gasteiger charge is -2.14. The Morgan fingerprint density at radius 2 is 1.78 bits per heavy atom. The monoisotopic (exact) mass is 370 g/mol. The van der Waals surface area contributed by atoms with E-state index < -0.39 is 0 Å². The maximum atomic E-state index is 13.2. The molecule has 0 saturated carbocycles. The Hall–Kier alpha value is -0.670. The van der Waals surface area contributed by atoms with E-state index in [0.717, 1.165) is 5.56 Å². The van der Waals surface area contributed by atoms with E-state index in [1.807, 2.05) is 6.07 Å². The molecule has 3 heteroatoms. The number of hydrogen-bond donors (Lipinski definition) is 0. The van der Waals surface area contributed by atoms with Gasteiger partial charge in [0.25, 0.3) is 0 Å². The van der Waals surface area contributed by atoms with Crippen molar-refractivity contribution in [3.8, 4) is 0 Å². The van der Waals surface area contributed by atoms with Gasteiger partial charge >= 0.3 is 0 Å². The van der Waals surface area contributed by atoms with Crippen molar-refractivity contribution < 1.29 is 4.39 Å². The molecule has 0 amide bonds. The van der Waals surface area contributed by atoms with Gasteiger partial charge in [0.15, 0.2) is 0 Å². The third-order valence-corrected chi connectivity index (χ3v) is 4.56. The largest absolute Gasteiger partial charge is 0.206 e. The van der Waals surface area contributed by atoms with Crippen LogP contribution in [0.25, 0.3) is 0 Å². The van der Waals surface area contributed by atoms with Gasteiger partial charge in [-0.25, -0.2) is 4.39 Å². The maximum Gasteiger partial charge on any atom is 0.137 e. The van der Waals surface area contributed by atoms with Crippen LogP contribution >= 0.6 is 31.9 Å². The van der Waals surface area contributed by atoms with Crippen LogP contribution in [0, 0.1) is 19.7 Å². The molecule has 0 heterocycles. The molecule has 1 unspecified atom stereocenters. The van der Waals surface area contributed by atoms with Gasteiger partial charge in [-0.15, -0.1) is 0 Å². The highest BCUT2D eigenvalue weighted by atomic mass is 79.9. The van der Waals surface area contributed by atoms with Crippen molar-refractivity contribution in [2.75, 3.05) is 0 Å². The molecular weight excluding hydrogens is 359 g/mol. The third-order valence-electron chi connectivity index (χ3n) is 2.93. The minimum Gasteiger partial charge on any atom is -0.206 e. The van der Waals surface area contributed by atoms with Gasteiger partial charge in [-0.2, -0.15) is 0 Å². The smallest absolute Gasteiger partial charge is 0.137 e. The number of benzene rings is 2. The molecule has 2 aromatic rings. The molecule has 2 aromatic carbocycles. The van der Waals surface area contributed by atoms with Gasteiger partial charge < -0.3 is 0 Å². The second-order valence-corrected chi connectivity index (χ2v) is 6.17. The topological polar surface area (TPSA) is 0 Å². The van der Waals surface area contributed by atoms with Crippen molar-refractivity contribution >= 4 is 31.9 Å². The van der Waals surface area contributed by atoms with Crippen LogP contribution in [0.1, 0.15) is 27.1 Å². The second-order valence-electron chi connectivity index (χ2n) is 4.40. The van der Waals surface area contributed by atoms with Crippen molar-refractivity contribution in [2.24, 2.45) is 0 Å². The summed E-state index contributed by atoms with van der Waals surface area (Å²) in [5.74, 6) is -0.237. The fourth-order valence-electron chi connectivity index (χ4n) is 1.96. The van der Waals surface area contributed by atoms with Gasteiger partial charge in [0.1, 0.15) is 5.82 Å². The molecular formula is C15H13Br2F. The fourth-order valence-corrected chi connectivity index (χ4v) is 3.15. The van der Waals surface area contributed by atoms with Crippen molar-refractivity contribution in [2.45, 2.75) is 18.7 Å². The van der Waals surface area contributed by atoms with Crippen LogP contribution in [-0.2, 0) is 0 Å². The first kappa shape index (κ1) is 13.8. The Kier molecular flexibility index (Phi) is 4.23. The van der Waals surface area contributed by atoms with Crippen LogP contribution in [0.15, 0.2) is 40.9 Å². The van der Waals surface area contributed by atoms with E-state index in [4.69, 9.17) is 0 Å². The summed E-state index contributed by atoms with van der Waals surface area (Å²) in [7, 11) is 0. The number of rotatable bonds is 2. The molecule has 0 spiro atoms. The predicted molar refractivity (Wildman–Crippen MR) is 80.8 cm³/mol. The fraction of sp³-hybridized carbons (Fsp3) is 0.200. The predicted octanol–water partition coefficient (Wildman–Crippen LogP) is 5.69. The van der Waals surface area contributed by atoms with E-state index in [-0.39, 0.29) is 10.6 Å². The molecule has 0 radical (unpaired) electrons. The first-order valence-electron chi connectivity index (χ1n) is 5.65. The molecule has 0 aliphatic rings. The number of hydrogen-bond acceptors (Lipinski definition) is 0. The van der Waals surface area contributed by atoms with E-state index in [0.29, 0.717) is 4.47 Å². The van der Waals surface area contributed by atoms with Gasteiger partial charge in [0.2, 0.25) is 0 Å². The zero-order valence-electron chi connectivity index (χ0n) is 10.2. The van der Waals surface area contributed by atoms with Crippen molar-refractivity contribution in [3.05, 3.63) is 68.9 Å². The normalized spacial score (nSPS) is 12.5. The summed E-state index contributed by atoms with van der Waals surface area (Å²) in [6.45, 7) is 4.17. The summed E-state index contributed by atoms with van der Waals surface area (Å²) < 4.78 is 13.7. The molecule has 2 rings (SSSR count). The molecule has 18 heavy (non-hydrogen) atoms. The quantitative estimate of drug-likeness (QED) is 0.595. The molecule has 1 atom stereocenters. The van der Waals surface area contributed by atoms with Crippen molar-refractivity contribution in [1.82, 2.24) is 0 Å². The summed E-state index contributed by atoms with van der Waals surface area (Å²) in [5, 5.41) is 0. The molecule has 0 saturated heterocycles. The average molecular weight is 372 g/mol. The summed E-state index contributed by atoms with van der Waals surface area (Å²) in [6.07, 6.45) is 0. The van der Waals surface area contributed by atoms with E-state index in [1.54, 1.807) is 6.07 Å². The summed E-state index contributed by atoms with van der Waals surface area (Å²) in [6, 6.07) is 11.5. The zero-order chi connectivity index (χ0) is 13.3. The summed E-state index contributed by atoms with van der Waals surface area (Å²) in [5.41, 5.74) is 4.72. The first-order chi connectivity index (χ1) is 8.49. The van der Waals surface area contributed by atoms with Gasteiger partial charge in [0, 0.05) is 0 Å². The van der Waals surface area contributed by atoms with Crippen molar-refractivity contribution in [3.63, 3.8) is 0 Å². The van der Waals surface area contributed by atoms with Crippen LogP contribution in [0.5, 0.6) is 0 Å². The van der Waals surface area contributed by atoms with E-state index in [2.05, 4.69) is 63.9 Å². The highest BCUT2D eigenvalue weighted by molar-refractivity contribution is 9.10. The lowest BCUT2D eigenvalue weighted by atomic mass is 9.99. The third kappa shape index (κ3) is 2.83. The Labute approximate surface area is 123 Å². The van der Waals surface area contributed by atoms with Crippen LogP contribution in [0.2, 0.25) is 0 Å². The molecule has 0 aromatic heterocycles. The van der Waals surface area contributed by atoms with Crippen LogP contribution in [-0.4, -0.2) is 0 Å². The Balaban J connectivity index is 2.41. The lowest BCUT2D eigenvalue weighted by Crippen LogP contribution is -1.97. The number of alkyl halides is 1. The van der Waals surface area contributed by atoms with Gasteiger partial charge in [-0.05, 0) is 58.6 Å². The zero-order valence-corrected chi connectivity index (χ0v) is 13.3. The second kappa shape index (κ2) is 5.54. The molecule has 0 nitrogen and oxygen atoms in total. The van der Waals surface area contributed by atoms with Crippen LogP contribution in [0.4, 0.5) is 4.39 Å². The molecule has 94 valence electrons. The molecule has 0 fully saturated rings. The van der Waals surface area contributed by atoms with Crippen molar-refractivity contribution in [1.29, 1.82) is 0 Å². The maximum absolute atomic E-state index is 13.2. The highest BCUT2D eigenvalue weighted by Gasteiger charge is 2.14. The SMILES string of the molecule is Cc1ccc(C(Br)c2ccc(F)c(Br)c2)c(C)c1. The Bertz CT molecular complexity index is 579. The van der Waals surface area contributed by atoms with Crippen LogP contribution in [0.3, 0.4) is 0 Å². The minimum absolute atomic E-state index is 0.0787. The molecule has 0 aliphatic carbocycles. The summed E-state index contributed by atoms with van der Waals surface area (Å²) >= 11 is 6.91. The lowest BCUT2D eigenvalue weighted by molar-refractivity contribution is 0.620. The van der Waals surface area contributed by atoms with Crippen LogP contribution < -0.4 is 0 Å². The van der Waals surface area contributed by atoms with E-state index in [1.165, 1.54) is 22.8 Å². The van der Waals surface area contributed by atoms with E-state index >= 15 is 0 Å². The standard InChI is InChI=1S/C15H13Br2F/c1-9-3-5-12(10(2)7-9)15(17)11-4-6-14(18)13(16)8-11/h3-8,15H,1-2H3. The van der Waals surface area contributed by atoms with Gasteiger partial charge in [-0.1, -0.05) is 45.8 Å². The van der Waals surface area contributed by atoms with Gasteiger partial charge in [-0.3, -0.25) is 0 Å². The number of aryl methyl sites for hydroxylation is 2. The van der Waals surface area contributed by atoms with Gasteiger partial charge in [0.05, 0.1) is 9.30 Å². The Morgan fingerprint density at radius 1 is 1.06 bits per heavy atom. The molecule has 0 N–H and O–H groups in total. The Morgan fingerprint density at radius 3 is 2.39 bits per heavy atom. The highest BCUT2D eigenvalue weighted by Crippen LogP contribution is 2.34. The summed E-state index contributed by atoms with van der Waals surface area (Å²) in [4.78, 5) is 0.0787. The first-order valence-corrected chi connectivity index (χ1v) is 7.36. The van der Waals surface area contributed by atoms with E-state index in [9.17, 15) is 4.39 Å². The average Bonchev–Trinajstić information content (AvgIpc) is 2.32. The number of halogens is 3. The molecule has 0 bridgehead atoms.